The third kappa shape index (κ3) is 6.28. The Kier molecular flexibility index (Phi) is 6.66. The maximum absolute atomic E-state index is 13.6. The van der Waals surface area contributed by atoms with E-state index in [-0.39, 0.29) is 23.9 Å². The van der Waals surface area contributed by atoms with Crippen LogP contribution in [-0.2, 0) is 11.3 Å². The summed E-state index contributed by atoms with van der Waals surface area (Å²) in [6.45, 7) is -2.28. The smallest absolute Gasteiger partial charge is 0.387 e. The van der Waals surface area contributed by atoms with E-state index in [9.17, 15) is 18.0 Å². The van der Waals surface area contributed by atoms with Crippen molar-refractivity contribution >= 4 is 23.2 Å². The number of hydrogen-bond acceptors (Lipinski definition) is 2. The number of amides is 1. The van der Waals surface area contributed by atoms with Crippen molar-refractivity contribution < 1.29 is 27.6 Å². The van der Waals surface area contributed by atoms with E-state index in [0.717, 1.165) is 10.5 Å². The van der Waals surface area contributed by atoms with Gasteiger partial charge in [0.25, 0.3) is 5.91 Å². The number of nitrogens with one attached hydrogen (secondary N) is 2. The molecule has 8 heteroatoms. The normalized spacial score (nSPS) is 12.1. The summed E-state index contributed by atoms with van der Waals surface area (Å²) in [5, 5.41) is 2.80. The van der Waals surface area contributed by atoms with Gasteiger partial charge in [-0.15, -0.1) is 0 Å². The number of rotatable bonds is 7. The summed E-state index contributed by atoms with van der Waals surface area (Å²) in [4.78, 5) is 12.8. The SMILES string of the molecule is C[NH+](CC(=O)Nc1cc(Cl)ccc1F)Cc1ccc(OC(F)F)cc1. The molecule has 0 bridgehead atoms. The molecule has 0 saturated heterocycles. The van der Waals surface area contributed by atoms with Crippen molar-refractivity contribution in [1.29, 1.82) is 0 Å². The Morgan fingerprint density at radius 1 is 1.24 bits per heavy atom. The van der Waals surface area contributed by atoms with Crippen molar-refractivity contribution in [3.8, 4) is 5.75 Å². The number of hydrogen-bond donors (Lipinski definition) is 2. The summed E-state index contributed by atoms with van der Waals surface area (Å²) in [7, 11) is 1.79. The summed E-state index contributed by atoms with van der Waals surface area (Å²) in [6, 6.07) is 10.1. The van der Waals surface area contributed by atoms with Crippen LogP contribution in [0.25, 0.3) is 0 Å². The average Bonchev–Trinajstić information content (AvgIpc) is 2.52. The molecule has 0 aliphatic heterocycles. The van der Waals surface area contributed by atoms with E-state index < -0.39 is 12.4 Å². The zero-order chi connectivity index (χ0) is 18.4. The zero-order valence-electron chi connectivity index (χ0n) is 13.4. The average molecular weight is 374 g/mol. The van der Waals surface area contributed by atoms with Gasteiger partial charge >= 0.3 is 6.61 Å². The first-order chi connectivity index (χ1) is 11.8. The largest absolute Gasteiger partial charge is 0.435 e. The lowest BCUT2D eigenvalue weighted by molar-refractivity contribution is -0.885. The van der Waals surface area contributed by atoms with Crippen LogP contribution in [0.2, 0.25) is 5.02 Å². The Hall–Kier alpha value is -2.25. The van der Waals surface area contributed by atoms with Crippen molar-refractivity contribution in [3.05, 3.63) is 58.9 Å². The quantitative estimate of drug-likeness (QED) is 0.783. The molecular formula is C17H17ClF3N2O2+. The maximum atomic E-state index is 13.6. The third-order valence-electron chi connectivity index (χ3n) is 3.32. The molecule has 1 amide bonds. The van der Waals surface area contributed by atoms with Gasteiger partial charge in [0.1, 0.15) is 18.1 Å². The molecule has 0 aromatic heterocycles. The van der Waals surface area contributed by atoms with Gasteiger partial charge in [0.15, 0.2) is 6.54 Å². The molecule has 0 radical (unpaired) electrons. The highest BCUT2D eigenvalue weighted by Crippen LogP contribution is 2.19. The van der Waals surface area contributed by atoms with E-state index in [0.29, 0.717) is 11.6 Å². The van der Waals surface area contributed by atoms with E-state index in [4.69, 9.17) is 11.6 Å². The Balaban J connectivity index is 1.87. The van der Waals surface area contributed by atoms with Gasteiger partial charge in [-0.25, -0.2) is 4.39 Å². The molecular weight excluding hydrogens is 357 g/mol. The number of halogens is 4. The molecule has 1 atom stereocenters. The van der Waals surface area contributed by atoms with Crippen LogP contribution >= 0.6 is 11.6 Å². The number of ether oxygens (including phenoxy) is 1. The lowest BCUT2D eigenvalue weighted by Gasteiger charge is -2.14. The van der Waals surface area contributed by atoms with Crippen LogP contribution in [0.3, 0.4) is 0 Å². The summed E-state index contributed by atoms with van der Waals surface area (Å²) in [5.74, 6) is -0.855. The van der Waals surface area contributed by atoms with Crippen LogP contribution in [0.4, 0.5) is 18.9 Å². The molecule has 1 unspecified atom stereocenters. The van der Waals surface area contributed by atoms with Gasteiger partial charge in [-0.1, -0.05) is 11.6 Å². The zero-order valence-corrected chi connectivity index (χ0v) is 14.1. The number of carbonyl (C=O) groups excluding carboxylic acids is 1. The fourth-order valence-corrected chi connectivity index (χ4v) is 2.43. The van der Waals surface area contributed by atoms with E-state index in [1.807, 2.05) is 0 Å². The number of benzene rings is 2. The molecule has 0 saturated carbocycles. The molecule has 0 aliphatic carbocycles. The Morgan fingerprint density at radius 2 is 1.92 bits per heavy atom. The van der Waals surface area contributed by atoms with Crippen LogP contribution in [0.1, 0.15) is 5.56 Å². The monoisotopic (exact) mass is 373 g/mol. The molecule has 2 N–H and O–H groups in total. The van der Waals surface area contributed by atoms with E-state index >= 15 is 0 Å². The van der Waals surface area contributed by atoms with Gasteiger partial charge in [0.2, 0.25) is 0 Å². The van der Waals surface area contributed by atoms with Crippen LogP contribution in [0, 0.1) is 5.82 Å². The van der Waals surface area contributed by atoms with Gasteiger partial charge in [-0.2, -0.15) is 8.78 Å². The van der Waals surface area contributed by atoms with Gasteiger partial charge in [0.05, 0.1) is 12.7 Å². The van der Waals surface area contributed by atoms with E-state index in [1.54, 1.807) is 19.2 Å². The van der Waals surface area contributed by atoms with Crippen molar-refractivity contribution in [2.24, 2.45) is 0 Å². The topological polar surface area (TPSA) is 42.8 Å². The fourth-order valence-electron chi connectivity index (χ4n) is 2.26. The van der Waals surface area contributed by atoms with E-state index in [1.165, 1.54) is 30.3 Å². The van der Waals surface area contributed by atoms with Crippen molar-refractivity contribution in [3.63, 3.8) is 0 Å². The van der Waals surface area contributed by atoms with Gasteiger partial charge < -0.3 is 15.0 Å². The number of likely N-dealkylation sites (N-methyl/N-ethyl adjacent to an activating group) is 1. The molecule has 0 fully saturated rings. The van der Waals surface area contributed by atoms with Crippen LogP contribution in [0.15, 0.2) is 42.5 Å². The van der Waals surface area contributed by atoms with Crippen molar-refractivity contribution in [1.82, 2.24) is 0 Å². The molecule has 0 spiro atoms. The molecule has 4 nitrogen and oxygen atoms in total. The van der Waals surface area contributed by atoms with Gasteiger partial charge in [-0.3, -0.25) is 4.79 Å². The van der Waals surface area contributed by atoms with Gasteiger partial charge in [0, 0.05) is 10.6 Å². The second-order valence-corrected chi connectivity index (χ2v) is 5.94. The molecule has 2 rings (SSSR count). The second kappa shape index (κ2) is 8.73. The molecule has 0 aliphatic rings. The second-order valence-electron chi connectivity index (χ2n) is 5.51. The summed E-state index contributed by atoms with van der Waals surface area (Å²) in [6.07, 6.45) is 0. The Morgan fingerprint density at radius 3 is 2.56 bits per heavy atom. The summed E-state index contributed by atoms with van der Waals surface area (Å²) in [5.41, 5.74) is 0.875. The predicted molar refractivity (Wildman–Crippen MR) is 88.6 cm³/mol. The first kappa shape index (κ1) is 19.1. The first-order valence-corrected chi connectivity index (χ1v) is 7.81. The van der Waals surface area contributed by atoms with Crippen molar-refractivity contribution in [2.45, 2.75) is 13.2 Å². The lowest BCUT2D eigenvalue weighted by atomic mass is 10.2. The fraction of sp³-hybridized carbons (Fsp3) is 0.235. The molecule has 25 heavy (non-hydrogen) atoms. The predicted octanol–water partition coefficient (Wildman–Crippen LogP) is 2.73. The number of anilines is 1. The minimum Gasteiger partial charge on any atom is -0.435 e. The number of alkyl halides is 2. The van der Waals surface area contributed by atoms with Crippen LogP contribution in [-0.4, -0.2) is 26.1 Å². The lowest BCUT2D eigenvalue weighted by Crippen LogP contribution is -3.08. The maximum Gasteiger partial charge on any atom is 0.387 e. The summed E-state index contributed by atoms with van der Waals surface area (Å²) >= 11 is 5.78. The van der Waals surface area contributed by atoms with E-state index in [2.05, 4.69) is 10.1 Å². The highest BCUT2D eigenvalue weighted by Gasteiger charge is 2.13. The third-order valence-corrected chi connectivity index (χ3v) is 3.55. The highest BCUT2D eigenvalue weighted by atomic mass is 35.5. The molecule has 2 aromatic carbocycles. The highest BCUT2D eigenvalue weighted by molar-refractivity contribution is 6.30. The van der Waals surface area contributed by atoms with Gasteiger partial charge in [-0.05, 0) is 42.5 Å². The molecule has 2 aromatic rings. The number of quaternary nitrogens is 1. The number of carbonyl (C=O) groups is 1. The first-order valence-electron chi connectivity index (χ1n) is 7.43. The standard InChI is InChI=1S/C17H16ClF3N2O2/c1-23(9-11-2-5-13(6-3-11)25-17(20)21)10-16(24)22-15-8-12(18)4-7-14(15)19/h2-8,17H,9-10H2,1H3,(H,22,24)/p+1. The molecule has 134 valence electrons. The minimum atomic E-state index is -2.87. The minimum absolute atomic E-state index is 0.0267. The Bertz CT molecular complexity index is 726. The van der Waals surface area contributed by atoms with Crippen molar-refractivity contribution in [2.75, 3.05) is 18.9 Å². The van der Waals surface area contributed by atoms with Crippen LogP contribution in [0.5, 0.6) is 5.75 Å². The Labute approximate surface area is 148 Å². The summed E-state index contributed by atoms with van der Waals surface area (Å²) < 4.78 is 42.1. The van der Waals surface area contributed by atoms with Crippen LogP contribution < -0.4 is 15.0 Å². The molecule has 0 heterocycles.